The Morgan fingerprint density at radius 1 is 1.40 bits per heavy atom. The second-order valence-corrected chi connectivity index (χ2v) is 4.75. The molecule has 2 nitrogen and oxygen atoms in total. The summed E-state index contributed by atoms with van der Waals surface area (Å²) in [5, 5.41) is 10.3. The van der Waals surface area contributed by atoms with Gasteiger partial charge in [0.1, 0.15) is 5.75 Å². The molecule has 1 heterocycles. The van der Waals surface area contributed by atoms with Crippen molar-refractivity contribution in [2.75, 3.05) is 13.7 Å². The maximum atomic E-state index is 9.10. The Kier molecular flexibility index (Phi) is 2.93. The fourth-order valence-corrected chi connectivity index (χ4v) is 2.59. The van der Waals surface area contributed by atoms with E-state index in [1.165, 1.54) is 15.0 Å². The van der Waals surface area contributed by atoms with Crippen molar-refractivity contribution in [1.82, 2.24) is 0 Å². The average Bonchev–Trinajstić information content (AvgIpc) is 2.70. The van der Waals surface area contributed by atoms with Gasteiger partial charge in [-0.1, -0.05) is 6.92 Å². The highest BCUT2D eigenvalue weighted by Crippen LogP contribution is 2.32. The minimum Gasteiger partial charge on any atom is -0.497 e. The summed E-state index contributed by atoms with van der Waals surface area (Å²) in [4.78, 5) is 1.22. The Morgan fingerprint density at radius 2 is 2.20 bits per heavy atom. The first-order valence-electron chi connectivity index (χ1n) is 4.93. The quantitative estimate of drug-likeness (QED) is 0.865. The number of thiophene rings is 1. The van der Waals surface area contributed by atoms with Crippen LogP contribution < -0.4 is 4.74 Å². The fraction of sp³-hybridized carbons (Fsp3) is 0.333. The first-order chi connectivity index (χ1) is 7.24. The maximum Gasteiger partial charge on any atom is 0.119 e. The molecule has 0 aliphatic heterocycles. The minimum absolute atomic E-state index is 0.198. The van der Waals surface area contributed by atoms with Crippen LogP contribution in [0.4, 0.5) is 0 Å². The van der Waals surface area contributed by atoms with Crippen LogP contribution in [0.15, 0.2) is 24.3 Å². The zero-order valence-corrected chi connectivity index (χ0v) is 9.67. The Balaban J connectivity index is 2.46. The largest absolute Gasteiger partial charge is 0.497 e. The molecular formula is C12H14O2S. The normalized spacial score (nSPS) is 13.0. The highest BCUT2D eigenvalue weighted by molar-refractivity contribution is 7.19. The van der Waals surface area contributed by atoms with Gasteiger partial charge in [-0.25, -0.2) is 0 Å². The van der Waals surface area contributed by atoms with Crippen LogP contribution in [0, 0.1) is 0 Å². The Labute approximate surface area is 93.1 Å². The summed E-state index contributed by atoms with van der Waals surface area (Å²) >= 11 is 1.73. The van der Waals surface area contributed by atoms with Crippen molar-refractivity contribution in [3.05, 3.63) is 29.1 Å². The number of rotatable bonds is 3. The van der Waals surface area contributed by atoms with Crippen LogP contribution in [0.3, 0.4) is 0 Å². The number of aliphatic hydroxyl groups is 1. The van der Waals surface area contributed by atoms with E-state index in [1.807, 2.05) is 19.1 Å². The van der Waals surface area contributed by atoms with E-state index in [-0.39, 0.29) is 12.5 Å². The molecule has 2 aromatic rings. The molecule has 0 saturated carbocycles. The number of benzene rings is 1. The summed E-state index contributed by atoms with van der Waals surface area (Å²) in [6, 6.07) is 8.18. The lowest BCUT2D eigenvalue weighted by atomic mass is 10.1. The van der Waals surface area contributed by atoms with E-state index in [4.69, 9.17) is 9.84 Å². The van der Waals surface area contributed by atoms with E-state index in [2.05, 4.69) is 12.1 Å². The molecular weight excluding hydrogens is 208 g/mol. The molecule has 0 amide bonds. The molecule has 1 atom stereocenters. The van der Waals surface area contributed by atoms with Crippen LogP contribution in [0.2, 0.25) is 0 Å². The molecule has 0 radical (unpaired) electrons. The molecule has 0 aliphatic rings. The number of methoxy groups -OCH3 is 1. The summed E-state index contributed by atoms with van der Waals surface area (Å²) in [6.07, 6.45) is 0. The molecule has 0 spiro atoms. The summed E-state index contributed by atoms with van der Waals surface area (Å²) in [5.74, 6) is 1.09. The summed E-state index contributed by atoms with van der Waals surface area (Å²) in [6.45, 7) is 2.23. The average molecular weight is 222 g/mol. The van der Waals surface area contributed by atoms with Gasteiger partial charge in [0.2, 0.25) is 0 Å². The number of hydrogen-bond acceptors (Lipinski definition) is 3. The van der Waals surface area contributed by atoms with Gasteiger partial charge in [-0.05, 0) is 29.7 Å². The zero-order valence-electron chi connectivity index (χ0n) is 8.86. The standard InChI is InChI=1S/C12H14O2S/c1-8(7-13)12-6-9-5-10(14-2)3-4-11(9)15-12/h3-6,8,13H,7H2,1-2H3. The molecule has 0 fully saturated rings. The van der Waals surface area contributed by atoms with Gasteiger partial charge in [-0.3, -0.25) is 0 Å². The number of aliphatic hydroxyl groups excluding tert-OH is 1. The number of ether oxygens (including phenoxy) is 1. The van der Waals surface area contributed by atoms with E-state index < -0.39 is 0 Å². The van der Waals surface area contributed by atoms with Crippen molar-refractivity contribution in [3.8, 4) is 5.75 Å². The predicted octanol–water partition coefficient (Wildman–Crippen LogP) is 3.01. The Morgan fingerprint density at radius 3 is 2.87 bits per heavy atom. The van der Waals surface area contributed by atoms with Gasteiger partial charge in [0, 0.05) is 15.5 Å². The van der Waals surface area contributed by atoms with Crippen LogP contribution >= 0.6 is 11.3 Å². The lowest BCUT2D eigenvalue weighted by molar-refractivity contribution is 0.274. The lowest BCUT2D eigenvalue weighted by Gasteiger charge is -2.01. The molecule has 3 heteroatoms. The van der Waals surface area contributed by atoms with Crippen molar-refractivity contribution in [2.24, 2.45) is 0 Å². The van der Waals surface area contributed by atoms with E-state index in [1.54, 1.807) is 18.4 Å². The molecule has 0 aliphatic carbocycles. The van der Waals surface area contributed by atoms with Crippen LogP contribution in [-0.4, -0.2) is 18.8 Å². The predicted molar refractivity (Wildman–Crippen MR) is 63.9 cm³/mol. The second-order valence-electron chi connectivity index (χ2n) is 3.64. The van der Waals surface area contributed by atoms with Crippen molar-refractivity contribution in [1.29, 1.82) is 0 Å². The zero-order chi connectivity index (χ0) is 10.8. The van der Waals surface area contributed by atoms with E-state index >= 15 is 0 Å². The van der Waals surface area contributed by atoms with Crippen LogP contribution in [0.25, 0.3) is 10.1 Å². The van der Waals surface area contributed by atoms with Crippen LogP contribution in [0.5, 0.6) is 5.75 Å². The Bertz CT molecular complexity index is 462. The van der Waals surface area contributed by atoms with E-state index in [0.717, 1.165) is 5.75 Å². The van der Waals surface area contributed by atoms with Crippen molar-refractivity contribution in [3.63, 3.8) is 0 Å². The van der Waals surface area contributed by atoms with E-state index in [9.17, 15) is 0 Å². The molecule has 2 rings (SSSR count). The van der Waals surface area contributed by atoms with Gasteiger partial charge in [0.05, 0.1) is 13.7 Å². The van der Waals surface area contributed by atoms with Gasteiger partial charge < -0.3 is 9.84 Å². The third kappa shape index (κ3) is 1.98. The summed E-state index contributed by atoms with van der Waals surface area (Å²) in [5.41, 5.74) is 0. The highest BCUT2D eigenvalue weighted by Gasteiger charge is 2.08. The highest BCUT2D eigenvalue weighted by atomic mass is 32.1. The van der Waals surface area contributed by atoms with Crippen LogP contribution in [0.1, 0.15) is 17.7 Å². The SMILES string of the molecule is COc1ccc2sc(C(C)CO)cc2c1. The first kappa shape index (κ1) is 10.5. The first-order valence-corrected chi connectivity index (χ1v) is 5.74. The molecule has 15 heavy (non-hydrogen) atoms. The number of hydrogen-bond donors (Lipinski definition) is 1. The molecule has 1 unspecified atom stereocenters. The molecule has 80 valence electrons. The molecule has 0 saturated heterocycles. The molecule has 1 aromatic heterocycles. The third-order valence-corrected chi connectivity index (χ3v) is 3.85. The molecule has 0 bridgehead atoms. The second kappa shape index (κ2) is 4.21. The molecule has 1 aromatic carbocycles. The van der Waals surface area contributed by atoms with Gasteiger partial charge in [0.15, 0.2) is 0 Å². The smallest absolute Gasteiger partial charge is 0.119 e. The van der Waals surface area contributed by atoms with Crippen molar-refractivity contribution >= 4 is 21.4 Å². The monoisotopic (exact) mass is 222 g/mol. The van der Waals surface area contributed by atoms with Gasteiger partial charge in [0.25, 0.3) is 0 Å². The third-order valence-electron chi connectivity index (χ3n) is 2.50. The topological polar surface area (TPSA) is 29.5 Å². The van der Waals surface area contributed by atoms with Crippen molar-refractivity contribution in [2.45, 2.75) is 12.8 Å². The summed E-state index contributed by atoms with van der Waals surface area (Å²) < 4.78 is 6.42. The fourth-order valence-electron chi connectivity index (χ4n) is 1.50. The summed E-state index contributed by atoms with van der Waals surface area (Å²) in [7, 11) is 1.67. The Hall–Kier alpha value is -1.06. The van der Waals surface area contributed by atoms with Crippen LogP contribution in [-0.2, 0) is 0 Å². The van der Waals surface area contributed by atoms with Crippen molar-refractivity contribution < 1.29 is 9.84 Å². The maximum absolute atomic E-state index is 9.10. The molecule has 1 N–H and O–H groups in total. The van der Waals surface area contributed by atoms with Gasteiger partial charge in [-0.15, -0.1) is 11.3 Å². The van der Waals surface area contributed by atoms with Gasteiger partial charge in [-0.2, -0.15) is 0 Å². The number of fused-ring (bicyclic) bond motifs is 1. The lowest BCUT2D eigenvalue weighted by Crippen LogP contribution is -1.94. The minimum atomic E-state index is 0.198. The van der Waals surface area contributed by atoms with E-state index in [0.29, 0.717) is 0 Å². The van der Waals surface area contributed by atoms with Gasteiger partial charge >= 0.3 is 0 Å².